The average Bonchev–Trinajstić information content (AvgIpc) is 2.28. The molecule has 1 rings (SSSR count). The highest BCUT2D eigenvalue weighted by atomic mass is 35.5. The SMILES string of the molecule is CC(O)CCN(C)C(C)c1ccc(F)c(Cl)c1. The number of hydrogen-bond acceptors (Lipinski definition) is 2. The Morgan fingerprint density at radius 1 is 1.41 bits per heavy atom. The molecule has 1 aromatic carbocycles. The van der Waals surface area contributed by atoms with Crippen LogP contribution in [0.15, 0.2) is 18.2 Å². The van der Waals surface area contributed by atoms with Crippen LogP contribution in [0.2, 0.25) is 5.02 Å². The number of hydrogen-bond donors (Lipinski definition) is 1. The van der Waals surface area contributed by atoms with Crippen LogP contribution in [0.4, 0.5) is 4.39 Å². The minimum atomic E-state index is -0.394. The van der Waals surface area contributed by atoms with Gasteiger partial charge in [0, 0.05) is 12.6 Å². The van der Waals surface area contributed by atoms with E-state index in [2.05, 4.69) is 4.90 Å². The summed E-state index contributed by atoms with van der Waals surface area (Å²) in [7, 11) is 1.98. The lowest BCUT2D eigenvalue weighted by atomic mass is 10.1. The Morgan fingerprint density at radius 3 is 2.59 bits per heavy atom. The monoisotopic (exact) mass is 259 g/mol. The molecule has 2 nitrogen and oxygen atoms in total. The minimum Gasteiger partial charge on any atom is -0.393 e. The summed E-state index contributed by atoms with van der Waals surface area (Å²) in [5, 5.41) is 9.39. The van der Waals surface area contributed by atoms with E-state index in [1.165, 1.54) is 6.07 Å². The lowest BCUT2D eigenvalue weighted by Gasteiger charge is -2.25. The van der Waals surface area contributed by atoms with Crippen molar-refractivity contribution in [2.45, 2.75) is 32.4 Å². The van der Waals surface area contributed by atoms with Crippen LogP contribution >= 0.6 is 11.6 Å². The van der Waals surface area contributed by atoms with E-state index in [0.29, 0.717) is 0 Å². The first-order valence-corrected chi connectivity index (χ1v) is 6.13. The summed E-state index contributed by atoms with van der Waals surface area (Å²) in [5.74, 6) is -0.394. The second kappa shape index (κ2) is 6.34. The van der Waals surface area contributed by atoms with E-state index in [9.17, 15) is 9.50 Å². The Morgan fingerprint density at radius 2 is 2.06 bits per heavy atom. The van der Waals surface area contributed by atoms with Crippen LogP contribution in [0.1, 0.15) is 31.9 Å². The van der Waals surface area contributed by atoms with E-state index in [1.807, 2.05) is 14.0 Å². The van der Waals surface area contributed by atoms with Gasteiger partial charge in [-0.05, 0) is 45.0 Å². The van der Waals surface area contributed by atoms with Crippen LogP contribution in [0.5, 0.6) is 0 Å². The van der Waals surface area contributed by atoms with Gasteiger partial charge in [0.15, 0.2) is 0 Å². The van der Waals surface area contributed by atoms with E-state index in [0.717, 1.165) is 18.5 Å². The molecule has 1 aromatic rings. The number of nitrogens with zero attached hydrogens (tertiary/aromatic N) is 1. The summed E-state index contributed by atoms with van der Waals surface area (Å²) in [5.41, 5.74) is 0.976. The third-order valence-electron chi connectivity index (χ3n) is 2.99. The normalized spacial score (nSPS) is 15.0. The minimum absolute atomic E-state index is 0.145. The smallest absolute Gasteiger partial charge is 0.141 e. The highest BCUT2D eigenvalue weighted by Crippen LogP contribution is 2.24. The molecule has 0 saturated heterocycles. The second-order valence-corrected chi connectivity index (χ2v) is 4.88. The van der Waals surface area contributed by atoms with Gasteiger partial charge in [-0.3, -0.25) is 4.90 Å². The van der Waals surface area contributed by atoms with Gasteiger partial charge in [-0.1, -0.05) is 17.7 Å². The van der Waals surface area contributed by atoms with Crippen LogP contribution in [0.25, 0.3) is 0 Å². The third-order valence-corrected chi connectivity index (χ3v) is 3.28. The summed E-state index contributed by atoms with van der Waals surface area (Å²) < 4.78 is 13.0. The molecule has 17 heavy (non-hydrogen) atoms. The summed E-state index contributed by atoms with van der Waals surface area (Å²) in [4.78, 5) is 2.11. The van der Waals surface area contributed by atoms with Gasteiger partial charge in [0.1, 0.15) is 5.82 Å². The fourth-order valence-electron chi connectivity index (χ4n) is 1.61. The van der Waals surface area contributed by atoms with Gasteiger partial charge < -0.3 is 5.11 Å². The fourth-order valence-corrected chi connectivity index (χ4v) is 1.80. The molecule has 0 fully saturated rings. The van der Waals surface area contributed by atoms with E-state index in [4.69, 9.17) is 11.6 Å². The molecule has 0 aliphatic rings. The predicted octanol–water partition coefficient (Wildman–Crippen LogP) is 3.24. The maximum absolute atomic E-state index is 13.0. The number of aliphatic hydroxyl groups excluding tert-OH is 1. The number of aliphatic hydroxyl groups is 1. The van der Waals surface area contributed by atoms with Gasteiger partial charge in [-0.25, -0.2) is 4.39 Å². The van der Waals surface area contributed by atoms with Crippen molar-refractivity contribution in [1.82, 2.24) is 4.90 Å². The van der Waals surface area contributed by atoms with Crippen molar-refractivity contribution >= 4 is 11.6 Å². The summed E-state index contributed by atoms with van der Waals surface area (Å²) in [6.45, 7) is 4.59. The highest BCUT2D eigenvalue weighted by molar-refractivity contribution is 6.30. The zero-order valence-electron chi connectivity index (χ0n) is 10.5. The van der Waals surface area contributed by atoms with Gasteiger partial charge in [0.05, 0.1) is 11.1 Å². The first-order valence-electron chi connectivity index (χ1n) is 5.75. The number of rotatable bonds is 5. The number of benzene rings is 1. The van der Waals surface area contributed by atoms with Crippen LogP contribution < -0.4 is 0 Å². The molecule has 4 heteroatoms. The second-order valence-electron chi connectivity index (χ2n) is 4.47. The van der Waals surface area contributed by atoms with E-state index < -0.39 is 5.82 Å². The Hall–Kier alpha value is -0.640. The highest BCUT2D eigenvalue weighted by Gasteiger charge is 2.13. The van der Waals surface area contributed by atoms with Crippen molar-refractivity contribution in [3.05, 3.63) is 34.6 Å². The summed E-state index contributed by atoms with van der Waals surface area (Å²) >= 11 is 5.76. The van der Waals surface area contributed by atoms with Gasteiger partial charge in [-0.2, -0.15) is 0 Å². The molecule has 0 spiro atoms. The van der Waals surface area contributed by atoms with Crippen molar-refractivity contribution in [1.29, 1.82) is 0 Å². The fraction of sp³-hybridized carbons (Fsp3) is 0.538. The maximum Gasteiger partial charge on any atom is 0.141 e. The first kappa shape index (κ1) is 14.4. The molecule has 0 heterocycles. The van der Waals surface area contributed by atoms with E-state index >= 15 is 0 Å². The van der Waals surface area contributed by atoms with Crippen molar-refractivity contribution in [2.24, 2.45) is 0 Å². The van der Waals surface area contributed by atoms with Crippen molar-refractivity contribution in [2.75, 3.05) is 13.6 Å². The van der Waals surface area contributed by atoms with Gasteiger partial charge in [0.2, 0.25) is 0 Å². The molecule has 0 aliphatic heterocycles. The largest absolute Gasteiger partial charge is 0.393 e. The molecule has 2 unspecified atom stereocenters. The number of halogens is 2. The molecule has 0 aromatic heterocycles. The Bertz CT molecular complexity index is 370. The molecule has 0 aliphatic carbocycles. The average molecular weight is 260 g/mol. The first-order chi connectivity index (χ1) is 7.91. The van der Waals surface area contributed by atoms with Gasteiger partial charge in [-0.15, -0.1) is 0 Å². The Labute approximate surface area is 107 Å². The zero-order valence-corrected chi connectivity index (χ0v) is 11.2. The van der Waals surface area contributed by atoms with Crippen molar-refractivity contribution in [3.63, 3.8) is 0 Å². The van der Waals surface area contributed by atoms with E-state index in [-0.39, 0.29) is 17.2 Å². The topological polar surface area (TPSA) is 23.5 Å². The molecule has 0 saturated carbocycles. The summed E-state index contributed by atoms with van der Waals surface area (Å²) in [6.07, 6.45) is 0.414. The predicted molar refractivity (Wildman–Crippen MR) is 68.8 cm³/mol. The van der Waals surface area contributed by atoms with Crippen molar-refractivity contribution < 1.29 is 9.50 Å². The molecule has 0 radical (unpaired) electrons. The third kappa shape index (κ3) is 4.26. The van der Waals surface area contributed by atoms with Crippen LogP contribution in [0.3, 0.4) is 0 Å². The van der Waals surface area contributed by atoms with Crippen molar-refractivity contribution in [3.8, 4) is 0 Å². The molecule has 1 N–H and O–H groups in total. The Kier molecular flexibility index (Phi) is 5.37. The van der Waals surface area contributed by atoms with Crippen LogP contribution in [0, 0.1) is 5.82 Å². The molecular formula is C13H19ClFNO. The van der Waals surface area contributed by atoms with Gasteiger partial charge >= 0.3 is 0 Å². The molecule has 0 amide bonds. The summed E-state index contributed by atoms with van der Waals surface area (Å²) in [6, 6.07) is 4.92. The van der Waals surface area contributed by atoms with Crippen LogP contribution in [-0.2, 0) is 0 Å². The standard InChI is InChI=1S/C13H19ClFNO/c1-9(17)6-7-16(3)10(2)11-4-5-13(15)12(14)8-11/h4-5,8-10,17H,6-7H2,1-3H3. The molecular weight excluding hydrogens is 241 g/mol. The lowest BCUT2D eigenvalue weighted by Crippen LogP contribution is -2.25. The molecule has 96 valence electrons. The molecule has 2 atom stereocenters. The zero-order chi connectivity index (χ0) is 13.0. The van der Waals surface area contributed by atoms with Gasteiger partial charge in [0.25, 0.3) is 0 Å². The quantitative estimate of drug-likeness (QED) is 0.878. The Balaban J connectivity index is 2.67. The van der Waals surface area contributed by atoms with Crippen LogP contribution in [-0.4, -0.2) is 29.7 Å². The molecule has 0 bridgehead atoms. The lowest BCUT2D eigenvalue weighted by molar-refractivity contribution is 0.153. The maximum atomic E-state index is 13.0. The van der Waals surface area contributed by atoms with E-state index in [1.54, 1.807) is 19.1 Å².